The van der Waals surface area contributed by atoms with Crippen molar-refractivity contribution in [1.29, 1.82) is 5.26 Å². The lowest BCUT2D eigenvalue weighted by atomic mass is 10.0. The van der Waals surface area contributed by atoms with E-state index in [1.807, 2.05) is 25.1 Å². The van der Waals surface area contributed by atoms with Crippen molar-refractivity contribution in [3.8, 4) is 6.07 Å². The van der Waals surface area contributed by atoms with E-state index in [0.717, 1.165) is 0 Å². The third-order valence-corrected chi connectivity index (χ3v) is 2.06. The number of hydrogen-bond acceptors (Lipinski definition) is 3. The smallest absolute Gasteiger partial charge is 0.190 e. The van der Waals surface area contributed by atoms with Gasteiger partial charge in [0.15, 0.2) is 5.78 Å². The van der Waals surface area contributed by atoms with Crippen molar-refractivity contribution in [2.45, 2.75) is 6.92 Å². The zero-order valence-corrected chi connectivity index (χ0v) is 9.69. The van der Waals surface area contributed by atoms with Crippen molar-refractivity contribution in [3.63, 3.8) is 0 Å². The van der Waals surface area contributed by atoms with E-state index in [0.29, 0.717) is 16.7 Å². The second-order valence-electron chi connectivity index (χ2n) is 3.80. The summed E-state index contributed by atoms with van der Waals surface area (Å²) in [5.74, 6) is -0.0502. The lowest BCUT2D eigenvalue weighted by Crippen LogP contribution is -2.08. The van der Waals surface area contributed by atoms with Crippen LogP contribution in [0.3, 0.4) is 0 Å². The minimum Gasteiger partial charge on any atom is -0.383 e. The van der Waals surface area contributed by atoms with E-state index in [1.165, 1.54) is 0 Å². The second kappa shape index (κ2) is 5.13. The van der Waals surface area contributed by atoms with Gasteiger partial charge in [-0.25, -0.2) is 0 Å². The molecule has 0 saturated heterocycles. The summed E-state index contributed by atoms with van der Waals surface area (Å²) >= 11 is 0. The molecule has 0 saturated carbocycles. The molecule has 0 bridgehead atoms. The van der Waals surface area contributed by atoms with Gasteiger partial charge in [0.05, 0.1) is 11.6 Å². The Balaban J connectivity index is 3.02. The van der Waals surface area contributed by atoms with Crippen LogP contribution in [0.25, 0.3) is 0 Å². The van der Waals surface area contributed by atoms with Crippen LogP contribution in [0.2, 0.25) is 0 Å². The number of allylic oxidation sites excluding steroid dienone is 1. The number of ketones is 1. The first-order valence-electron chi connectivity index (χ1n) is 4.94. The predicted molar refractivity (Wildman–Crippen MR) is 62.9 cm³/mol. The summed E-state index contributed by atoms with van der Waals surface area (Å²) in [6.45, 7) is 1.77. The number of Topliss-reactive ketones (excluding diaryl/α,β-unsaturated/α-hetero) is 1. The molecule has 0 unspecified atom stereocenters. The number of hydrogen-bond donors (Lipinski definition) is 0. The summed E-state index contributed by atoms with van der Waals surface area (Å²) in [7, 11) is 3.73. The van der Waals surface area contributed by atoms with Gasteiger partial charge in [-0.2, -0.15) is 5.26 Å². The van der Waals surface area contributed by atoms with E-state index >= 15 is 0 Å². The normalized spacial score (nSPS) is 10.8. The first-order valence-corrected chi connectivity index (χ1v) is 4.94. The fourth-order valence-electron chi connectivity index (χ4n) is 1.40. The third kappa shape index (κ3) is 2.96. The Morgan fingerprint density at radius 2 is 2.12 bits per heavy atom. The van der Waals surface area contributed by atoms with Crippen molar-refractivity contribution in [2.24, 2.45) is 0 Å². The standard InChI is InChI=1S/C13H14N2O/c1-10(9-15(2)3)13(16)12-6-4-5-11(7-12)8-14/h4-7,9H,1-3H3/b10-9+. The summed E-state index contributed by atoms with van der Waals surface area (Å²) < 4.78 is 0. The van der Waals surface area contributed by atoms with Gasteiger partial charge in [0, 0.05) is 31.4 Å². The van der Waals surface area contributed by atoms with Gasteiger partial charge in [-0.05, 0) is 19.1 Å². The maximum Gasteiger partial charge on any atom is 0.190 e. The fraction of sp³-hybridized carbons (Fsp3) is 0.231. The number of nitrogens with zero attached hydrogens (tertiary/aromatic N) is 2. The van der Waals surface area contributed by atoms with Gasteiger partial charge in [-0.3, -0.25) is 4.79 Å². The van der Waals surface area contributed by atoms with E-state index < -0.39 is 0 Å². The Kier molecular flexibility index (Phi) is 3.84. The van der Waals surface area contributed by atoms with Gasteiger partial charge in [-0.15, -0.1) is 0 Å². The Hall–Kier alpha value is -2.08. The van der Waals surface area contributed by atoms with Crippen molar-refractivity contribution in [2.75, 3.05) is 14.1 Å². The zero-order chi connectivity index (χ0) is 12.1. The molecule has 0 radical (unpaired) electrons. The molecule has 1 aromatic carbocycles. The highest BCUT2D eigenvalue weighted by molar-refractivity contribution is 6.08. The highest BCUT2D eigenvalue weighted by Gasteiger charge is 2.08. The van der Waals surface area contributed by atoms with Crippen LogP contribution in [0.5, 0.6) is 0 Å². The first kappa shape index (κ1) is 12.0. The van der Waals surface area contributed by atoms with Gasteiger partial charge >= 0.3 is 0 Å². The molecule has 0 aliphatic heterocycles. The molecule has 1 aromatic rings. The molecule has 0 aromatic heterocycles. The molecule has 0 aliphatic rings. The van der Waals surface area contributed by atoms with E-state index in [2.05, 4.69) is 0 Å². The Morgan fingerprint density at radius 1 is 1.44 bits per heavy atom. The summed E-state index contributed by atoms with van der Waals surface area (Å²) in [6.07, 6.45) is 1.77. The first-order chi connectivity index (χ1) is 7.54. The molecular weight excluding hydrogens is 200 g/mol. The minimum atomic E-state index is -0.0502. The zero-order valence-electron chi connectivity index (χ0n) is 9.69. The summed E-state index contributed by atoms with van der Waals surface area (Å²) in [5, 5.41) is 8.74. The van der Waals surface area contributed by atoms with Gasteiger partial charge in [-0.1, -0.05) is 12.1 Å². The van der Waals surface area contributed by atoms with Gasteiger partial charge < -0.3 is 4.90 Å². The van der Waals surface area contributed by atoms with Crippen LogP contribution in [0, 0.1) is 11.3 Å². The van der Waals surface area contributed by atoms with Crippen LogP contribution in [-0.4, -0.2) is 24.8 Å². The molecule has 0 amide bonds. The Bertz CT molecular complexity index is 467. The van der Waals surface area contributed by atoms with Crippen molar-refractivity contribution >= 4 is 5.78 Å². The fourth-order valence-corrected chi connectivity index (χ4v) is 1.40. The van der Waals surface area contributed by atoms with E-state index in [9.17, 15) is 4.79 Å². The lowest BCUT2D eigenvalue weighted by Gasteiger charge is -2.07. The quantitative estimate of drug-likeness (QED) is 0.572. The van der Waals surface area contributed by atoms with Crippen LogP contribution < -0.4 is 0 Å². The highest BCUT2D eigenvalue weighted by atomic mass is 16.1. The van der Waals surface area contributed by atoms with Gasteiger partial charge in [0.2, 0.25) is 0 Å². The molecular formula is C13H14N2O. The molecule has 3 heteroatoms. The Labute approximate surface area is 95.6 Å². The largest absolute Gasteiger partial charge is 0.383 e. The van der Waals surface area contributed by atoms with Crippen LogP contribution in [0.1, 0.15) is 22.8 Å². The van der Waals surface area contributed by atoms with Crippen molar-refractivity contribution in [1.82, 2.24) is 4.90 Å². The van der Waals surface area contributed by atoms with Crippen molar-refractivity contribution < 1.29 is 4.79 Å². The SMILES string of the molecule is C/C(=C\N(C)C)C(=O)c1cccc(C#N)c1. The summed E-state index contributed by atoms with van der Waals surface area (Å²) in [6, 6.07) is 8.74. The second-order valence-corrected chi connectivity index (χ2v) is 3.80. The van der Waals surface area contributed by atoms with Crippen LogP contribution in [0.15, 0.2) is 36.0 Å². The molecule has 0 spiro atoms. The molecule has 1 rings (SSSR count). The van der Waals surface area contributed by atoms with E-state index in [-0.39, 0.29) is 5.78 Å². The maximum absolute atomic E-state index is 11.9. The van der Waals surface area contributed by atoms with E-state index in [4.69, 9.17) is 5.26 Å². The molecule has 16 heavy (non-hydrogen) atoms. The molecule has 0 atom stereocenters. The third-order valence-electron chi connectivity index (χ3n) is 2.06. The van der Waals surface area contributed by atoms with Crippen LogP contribution in [-0.2, 0) is 0 Å². The maximum atomic E-state index is 11.9. The van der Waals surface area contributed by atoms with Crippen LogP contribution in [0.4, 0.5) is 0 Å². The topological polar surface area (TPSA) is 44.1 Å². The number of carbonyl (C=O) groups excluding carboxylic acids is 1. The van der Waals surface area contributed by atoms with Gasteiger partial charge in [0.1, 0.15) is 0 Å². The summed E-state index contributed by atoms with van der Waals surface area (Å²) in [4.78, 5) is 13.8. The Morgan fingerprint density at radius 3 is 2.69 bits per heavy atom. The molecule has 0 aliphatic carbocycles. The average Bonchev–Trinajstić information content (AvgIpc) is 2.27. The number of benzene rings is 1. The number of nitriles is 1. The molecule has 82 valence electrons. The molecule has 0 heterocycles. The highest BCUT2D eigenvalue weighted by Crippen LogP contribution is 2.10. The summed E-state index contributed by atoms with van der Waals surface area (Å²) in [5.41, 5.74) is 1.71. The molecule has 3 nitrogen and oxygen atoms in total. The molecule has 0 N–H and O–H groups in total. The van der Waals surface area contributed by atoms with Gasteiger partial charge in [0.25, 0.3) is 0 Å². The lowest BCUT2D eigenvalue weighted by molar-refractivity contribution is 0.103. The van der Waals surface area contributed by atoms with Crippen molar-refractivity contribution in [3.05, 3.63) is 47.2 Å². The minimum absolute atomic E-state index is 0.0502. The monoisotopic (exact) mass is 214 g/mol. The predicted octanol–water partition coefficient (Wildman–Crippen LogP) is 2.21. The van der Waals surface area contributed by atoms with Crippen LogP contribution >= 0.6 is 0 Å². The molecule has 0 fully saturated rings. The number of carbonyl (C=O) groups is 1. The number of rotatable bonds is 3. The van der Waals surface area contributed by atoms with E-state index in [1.54, 1.807) is 37.4 Å². The average molecular weight is 214 g/mol.